The zero-order valence-corrected chi connectivity index (χ0v) is 7.64. The molecule has 0 bridgehead atoms. The summed E-state index contributed by atoms with van der Waals surface area (Å²) in [6.45, 7) is 1.30. The van der Waals surface area contributed by atoms with Crippen molar-refractivity contribution in [1.82, 2.24) is 5.16 Å². The summed E-state index contributed by atoms with van der Waals surface area (Å²) in [5.41, 5.74) is -0.386. The summed E-state index contributed by atoms with van der Waals surface area (Å²) in [5.74, 6) is -0.544. The number of nitrogens with zero attached hydrogens (tertiary/aromatic N) is 2. The molecule has 76 valence electrons. The Balaban J connectivity index is 3.10. The van der Waals surface area contributed by atoms with Gasteiger partial charge < -0.3 is 9.26 Å². The summed E-state index contributed by atoms with van der Waals surface area (Å²) in [6, 6.07) is 0. The molecule has 0 radical (unpaired) electrons. The summed E-state index contributed by atoms with van der Waals surface area (Å²) < 4.78 is 9.23. The second-order valence-corrected chi connectivity index (χ2v) is 2.60. The highest BCUT2D eigenvalue weighted by molar-refractivity contribution is 5.78. The minimum atomic E-state index is -0.687. The predicted molar refractivity (Wildman–Crippen MR) is 44.1 cm³/mol. The Labute approximate surface area is 78.8 Å². The van der Waals surface area contributed by atoms with Gasteiger partial charge in [-0.1, -0.05) is 0 Å². The minimum Gasteiger partial charge on any atom is -0.474 e. The van der Waals surface area contributed by atoms with Gasteiger partial charge in [0.1, 0.15) is 5.78 Å². The number of nitro groups is 1. The van der Waals surface area contributed by atoms with Gasteiger partial charge in [0.2, 0.25) is 5.76 Å². The van der Waals surface area contributed by atoms with E-state index in [-0.39, 0.29) is 29.5 Å². The van der Waals surface area contributed by atoms with Crippen LogP contribution in [-0.4, -0.2) is 23.0 Å². The molecule has 0 spiro atoms. The van der Waals surface area contributed by atoms with Crippen molar-refractivity contribution < 1.29 is 19.0 Å². The molecule has 0 aliphatic carbocycles. The number of ether oxygens (including phenoxy) is 1. The molecule has 7 nitrogen and oxygen atoms in total. The maximum absolute atomic E-state index is 10.7. The van der Waals surface area contributed by atoms with Crippen LogP contribution in [0.25, 0.3) is 0 Å². The van der Waals surface area contributed by atoms with E-state index in [1.54, 1.807) is 0 Å². The van der Waals surface area contributed by atoms with Crippen LogP contribution in [0.5, 0.6) is 5.88 Å². The quantitative estimate of drug-likeness (QED) is 0.524. The van der Waals surface area contributed by atoms with Gasteiger partial charge in [-0.15, -0.1) is 0 Å². The summed E-state index contributed by atoms with van der Waals surface area (Å²) in [6.07, 6.45) is -0.160. The predicted octanol–water partition coefficient (Wildman–Crippen LogP) is 0.723. The van der Waals surface area contributed by atoms with E-state index in [0.29, 0.717) is 0 Å². The van der Waals surface area contributed by atoms with Crippen molar-refractivity contribution in [2.24, 2.45) is 0 Å². The number of rotatable bonds is 4. The first-order valence-electron chi connectivity index (χ1n) is 3.72. The average molecular weight is 200 g/mol. The van der Waals surface area contributed by atoms with E-state index < -0.39 is 4.92 Å². The van der Waals surface area contributed by atoms with Gasteiger partial charge in [-0.05, 0) is 12.1 Å². The lowest BCUT2D eigenvalue weighted by Gasteiger charge is -1.92. The second-order valence-electron chi connectivity index (χ2n) is 2.60. The van der Waals surface area contributed by atoms with Crippen molar-refractivity contribution in [1.29, 1.82) is 0 Å². The molecule has 0 fully saturated rings. The number of carbonyl (C=O) groups excluding carboxylic acids is 1. The van der Waals surface area contributed by atoms with Crippen molar-refractivity contribution >= 4 is 11.5 Å². The Morgan fingerprint density at radius 1 is 1.71 bits per heavy atom. The van der Waals surface area contributed by atoms with Crippen LogP contribution in [0.15, 0.2) is 4.52 Å². The lowest BCUT2D eigenvalue weighted by atomic mass is 10.2. The van der Waals surface area contributed by atoms with Crippen LogP contribution in [0.4, 0.5) is 5.69 Å². The molecule has 0 N–H and O–H groups in total. The van der Waals surface area contributed by atoms with Crippen LogP contribution in [0.1, 0.15) is 12.7 Å². The SMILES string of the molecule is COc1noc(CC(C)=O)c1[N+](=O)[O-]. The lowest BCUT2D eigenvalue weighted by molar-refractivity contribution is -0.386. The maximum Gasteiger partial charge on any atom is 0.375 e. The molecule has 0 unspecified atom stereocenters. The molecule has 0 amide bonds. The van der Waals surface area contributed by atoms with Crippen LogP contribution >= 0.6 is 0 Å². The highest BCUT2D eigenvalue weighted by Gasteiger charge is 2.28. The van der Waals surface area contributed by atoms with Gasteiger partial charge in [-0.25, -0.2) is 0 Å². The summed E-state index contributed by atoms with van der Waals surface area (Å²) >= 11 is 0. The van der Waals surface area contributed by atoms with E-state index in [4.69, 9.17) is 0 Å². The third-order valence-corrected chi connectivity index (χ3v) is 1.49. The molecule has 1 aromatic rings. The van der Waals surface area contributed by atoms with Gasteiger partial charge in [0.05, 0.1) is 18.5 Å². The Bertz CT molecular complexity index is 370. The lowest BCUT2D eigenvalue weighted by Crippen LogP contribution is -1.99. The molecule has 1 aromatic heterocycles. The van der Waals surface area contributed by atoms with Crippen molar-refractivity contribution in [2.75, 3.05) is 7.11 Å². The van der Waals surface area contributed by atoms with Crippen LogP contribution in [0.3, 0.4) is 0 Å². The highest BCUT2D eigenvalue weighted by Crippen LogP contribution is 2.29. The Hall–Kier alpha value is -1.92. The number of hydrogen-bond donors (Lipinski definition) is 0. The molecule has 0 aromatic carbocycles. The minimum absolute atomic E-state index is 0.0839. The van der Waals surface area contributed by atoms with Gasteiger partial charge in [-0.2, -0.15) is 0 Å². The van der Waals surface area contributed by atoms with Crippen LogP contribution in [-0.2, 0) is 11.2 Å². The first-order chi connectivity index (χ1) is 6.56. The van der Waals surface area contributed by atoms with E-state index in [0.717, 1.165) is 0 Å². The van der Waals surface area contributed by atoms with Crippen molar-refractivity contribution in [3.8, 4) is 5.88 Å². The van der Waals surface area contributed by atoms with Gasteiger partial charge in [0, 0.05) is 0 Å². The molecule has 0 saturated heterocycles. The highest BCUT2D eigenvalue weighted by atomic mass is 16.6. The molecule has 14 heavy (non-hydrogen) atoms. The fraction of sp³-hybridized carbons (Fsp3) is 0.429. The maximum atomic E-state index is 10.7. The Morgan fingerprint density at radius 3 is 2.79 bits per heavy atom. The smallest absolute Gasteiger partial charge is 0.375 e. The second kappa shape index (κ2) is 3.86. The van der Waals surface area contributed by atoms with E-state index in [1.165, 1.54) is 14.0 Å². The molecular weight excluding hydrogens is 192 g/mol. The molecule has 7 heteroatoms. The largest absolute Gasteiger partial charge is 0.474 e. The van der Waals surface area contributed by atoms with E-state index in [9.17, 15) is 14.9 Å². The van der Waals surface area contributed by atoms with Crippen molar-refractivity contribution in [2.45, 2.75) is 13.3 Å². The topological polar surface area (TPSA) is 95.5 Å². The average Bonchev–Trinajstić information content (AvgIpc) is 2.46. The first kappa shape index (κ1) is 10.2. The molecule has 0 aliphatic rings. The fourth-order valence-electron chi connectivity index (χ4n) is 0.958. The number of Topliss-reactive ketones (excluding diaryl/α,β-unsaturated/α-hetero) is 1. The normalized spacial score (nSPS) is 9.86. The number of carbonyl (C=O) groups is 1. The molecule has 0 atom stereocenters. The zero-order valence-electron chi connectivity index (χ0n) is 7.64. The van der Waals surface area contributed by atoms with Crippen molar-refractivity contribution in [3.05, 3.63) is 15.9 Å². The van der Waals surface area contributed by atoms with E-state index in [1.807, 2.05) is 0 Å². The monoisotopic (exact) mass is 200 g/mol. The molecule has 0 aliphatic heterocycles. The summed E-state index contributed by atoms with van der Waals surface area (Å²) in [4.78, 5) is 20.6. The van der Waals surface area contributed by atoms with Crippen LogP contribution < -0.4 is 4.74 Å². The third kappa shape index (κ3) is 1.87. The summed E-state index contributed by atoms with van der Waals surface area (Å²) in [5, 5.41) is 13.9. The van der Waals surface area contributed by atoms with Crippen molar-refractivity contribution in [3.63, 3.8) is 0 Å². The van der Waals surface area contributed by atoms with Gasteiger partial charge >= 0.3 is 11.6 Å². The molecular formula is C7H8N2O5. The third-order valence-electron chi connectivity index (χ3n) is 1.49. The Kier molecular flexibility index (Phi) is 2.80. The van der Waals surface area contributed by atoms with E-state index in [2.05, 4.69) is 14.4 Å². The number of methoxy groups -OCH3 is 1. The molecule has 1 rings (SSSR count). The van der Waals surface area contributed by atoms with Gasteiger partial charge in [-0.3, -0.25) is 14.9 Å². The first-order valence-corrected chi connectivity index (χ1v) is 3.72. The molecule has 1 heterocycles. The van der Waals surface area contributed by atoms with Crippen LogP contribution in [0, 0.1) is 10.1 Å². The number of ketones is 1. The number of aromatic nitrogens is 1. The van der Waals surface area contributed by atoms with Crippen LogP contribution in [0.2, 0.25) is 0 Å². The molecule has 0 saturated carbocycles. The summed E-state index contributed by atoms with van der Waals surface area (Å²) in [7, 11) is 1.24. The standard InChI is InChI=1S/C7H8N2O5/c1-4(10)3-5-6(9(11)12)7(13-2)8-14-5/h3H2,1-2H3. The Morgan fingerprint density at radius 2 is 2.36 bits per heavy atom. The zero-order chi connectivity index (χ0) is 10.7. The van der Waals surface area contributed by atoms with Gasteiger partial charge in [0.25, 0.3) is 0 Å². The fourth-order valence-corrected chi connectivity index (χ4v) is 0.958. The van der Waals surface area contributed by atoms with Gasteiger partial charge in [0.15, 0.2) is 0 Å². The number of hydrogen-bond acceptors (Lipinski definition) is 6. The van der Waals surface area contributed by atoms with E-state index >= 15 is 0 Å².